The third kappa shape index (κ3) is 3.67. The maximum absolute atomic E-state index is 11.6. The number of benzene rings is 3. The first-order valence-corrected chi connectivity index (χ1v) is 10.4. The summed E-state index contributed by atoms with van der Waals surface area (Å²) in [5, 5.41) is 9.54. The van der Waals surface area contributed by atoms with Crippen molar-refractivity contribution in [1.29, 1.82) is 0 Å². The molecule has 0 spiro atoms. The predicted octanol–water partition coefficient (Wildman–Crippen LogP) is 4.78. The van der Waals surface area contributed by atoms with Crippen molar-refractivity contribution < 1.29 is 24.1 Å². The Labute approximate surface area is 190 Å². The number of hydrogen-bond acceptors (Lipinski definition) is 5. The van der Waals surface area contributed by atoms with Crippen LogP contribution in [0.5, 0.6) is 17.2 Å². The van der Waals surface area contributed by atoms with E-state index in [1.807, 2.05) is 34.9 Å². The van der Waals surface area contributed by atoms with Gasteiger partial charge in [-0.25, -0.2) is 9.78 Å². The fourth-order valence-electron chi connectivity index (χ4n) is 4.14. The summed E-state index contributed by atoms with van der Waals surface area (Å²) >= 11 is 0. The number of fused-ring (bicyclic) bond motifs is 3. The molecule has 2 heterocycles. The third-order valence-electron chi connectivity index (χ3n) is 5.82. The lowest BCUT2D eigenvalue weighted by Gasteiger charge is -2.12. The minimum absolute atomic E-state index is 0.213. The van der Waals surface area contributed by atoms with Crippen molar-refractivity contribution in [3.05, 3.63) is 89.3 Å². The molecule has 0 saturated heterocycles. The molecule has 166 valence electrons. The third-order valence-corrected chi connectivity index (χ3v) is 5.82. The van der Waals surface area contributed by atoms with Gasteiger partial charge in [-0.3, -0.25) is 0 Å². The zero-order valence-electron chi connectivity index (χ0n) is 18.2. The quantitative estimate of drug-likeness (QED) is 0.479. The van der Waals surface area contributed by atoms with Crippen LogP contribution in [0.4, 0.5) is 0 Å². The van der Waals surface area contributed by atoms with Crippen molar-refractivity contribution in [2.24, 2.45) is 0 Å². The van der Waals surface area contributed by atoms with Gasteiger partial charge < -0.3 is 23.9 Å². The van der Waals surface area contributed by atoms with Gasteiger partial charge in [-0.15, -0.1) is 0 Å². The number of allylic oxidation sites excluding steroid dienone is 1. The Morgan fingerprint density at radius 3 is 2.76 bits per heavy atom. The lowest BCUT2D eigenvalue weighted by molar-refractivity contribution is 0.0697. The molecule has 1 aliphatic heterocycles. The van der Waals surface area contributed by atoms with Crippen molar-refractivity contribution in [2.75, 3.05) is 14.2 Å². The average Bonchev–Trinajstić information content (AvgIpc) is 3.18. The van der Waals surface area contributed by atoms with Crippen LogP contribution < -0.4 is 14.2 Å². The van der Waals surface area contributed by atoms with Gasteiger partial charge in [0.2, 0.25) is 0 Å². The lowest BCUT2D eigenvalue weighted by atomic mass is 9.93. The molecule has 3 aromatic carbocycles. The molecular weight excluding hydrogens is 420 g/mol. The Bertz CT molecular complexity index is 1400. The molecule has 0 fully saturated rings. The molecular formula is C26H22N2O5. The smallest absolute Gasteiger partial charge is 0.335 e. The highest BCUT2D eigenvalue weighted by Gasteiger charge is 2.21. The molecule has 1 aromatic heterocycles. The van der Waals surface area contributed by atoms with E-state index < -0.39 is 5.97 Å². The summed E-state index contributed by atoms with van der Waals surface area (Å²) < 4.78 is 18.9. The van der Waals surface area contributed by atoms with E-state index >= 15 is 0 Å². The van der Waals surface area contributed by atoms with E-state index in [-0.39, 0.29) is 5.56 Å². The van der Waals surface area contributed by atoms with Gasteiger partial charge in [0, 0.05) is 24.2 Å². The number of aromatic nitrogens is 2. The molecule has 0 saturated carbocycles. The van der Waals surface area contributed by atoms with Crippen LogP contribution in [0.15, 0.2) is 67.0 Å². The molecule has 7 heteroatoms. The Morgan fingerprint density at radius 1 is 1.12 bits per heavy atom. The van der Waals surface area contributed by atoms with Gasteiger partial charge in [0.15, 0.2) is 0 Å². The second-order valence-corrected chi connectivity index (χ2v) is 7.67. The number of nitrogens with zero attached hydrogens (tertiary/aromatic N) is 2. The monoisotopic (exact) mass is 442 g/mol. The van der Waals surface area contributed by atoms with E-state index in [4.69, 9.17) is 14.2 Å². The van der Waals surface area contributed by atoms with Crippen molar-refractivity contribution >= 4 is 22.6 Å². The number of ether oxygens (including phenoxy) is 3. The van der Waals surface area contributed by atoms with Crippen LogP contribution in [0.3, 0.4) is 0 Å². The van der Waals surface area contributed by atoms with Crippen molar-refractivity contribution in [3.63, 3.8) is 0 Å². The summed E-state index contributed by atoms with van der Waals surface area (Å²) in [6.45, 7) is 0.919. The maximum Gasteiger partial charge on any atom is 0.335 e. The fraction of sp³-hybridized carbons (Fsp3) is 0.154. The normalized spacial score (nSPS) is 13.7. The second-order valence-electron chi connectivity index (χ2n) is 7.67. The topological polar surface area (TPSA) is 82.8 Å². The van der Waals surface area contributed by atoms with Gasteiger partial charge in [0.05, 0.1) is 31.6 Å². The van der Waals surface area contributed by atoms with E-state index in [1.54, 1.807) is 44.8 Å². The summed E-state index contributed by atoms with van der Waals surface area (Å²) in [5.41, 5.74) is 5.55. The molecule has 5 rings (SSSR count). The lowest BCUT2D eigenvalue weighted by Crippen LogP contribution is -2.00. The molecule has 0 bridgehead atoms. The summed E-state index contributed by atoms with van der Waals surface area (Å²) in [6, 6.07) is 16.7. The molecule has 7 nitrogen and oxygen atoms in total. The Hall–Kier alpha value is -4.26. The molecule has 0 amide bonds. The fourth-order valence-corrected chi connectivity index (χ4v) is 4.14. The van der Waals surface area contributed by atoms with Crippen LogP contribution in [0.1, 0.15) is 27.0 Å². The van der Waals surface area contributed by atoms with E-state index in [0.29, 0.717) is 30.4 Å². The van der Waals surface area contributed by atoms with Crippen LogP contribution in [-0.4, -0.2) is 34.8 Å². The molecule has 1 aliphatic rings. The molecule has 0 atom stereocenters. The Morgan fingerprint density at radius 2 is 1.97 bits per heavy atom. The van der Waals surface area contributed by atoms with Gasteiger partial charge in [0.1, 0.15) is 29.4 Å². The van der Waals surface area contributed by atoms with Gasteiger partial charge in [-0.05, 0) is 34.9 Å². The first-order valence-electron chi connectivity index (χ1n) is 10.4. The number of carboxylic acids is 1. The molecule has 1 N–H and O–H groups in total. The van der Waals surface area contributed by atoms with E-state index in [0.717, 1.165) is 33.3 Å². The van der Waals surface area contributed by atoms with E-state index in [9.17, 15) is 9.90 Å². The minimum atomic E-state index is -0.977. The molecule has 0 radical (unpaired) electrons. The van der Waals surface area contributed by atoms with Crippen LogP contribution in [0.25, 0.3) is 16.6 Å². The van der Waals surface area contributed by atoms with Crippen molar-refractivity contribution in [3.8, 4) is 17.2 Å². The average molecular weight is 442 g/mol. The standard InChI is InChI=1S/C26H22N2O5/c1-31-18-12-22-25(24(13-18)32-2)27-15-28(22)10-9-20-19-6-4-3-5-17(19)14-33-23-8-7-16(26(29)30)11-21(20)23/h3-9,11-13,15H,10,14H2,1-2H3,(H,29,30). The minimum Gasteiger partial charge on any atom is -0.497 e. The van der Waals surface area contributed by atoms with Crippen LogP contribution in [-0.2, 0) is 13.2 Å². The molecule has 0 aliphatic carbocycles. The number of hydrogen-bond donors (Lipinski definition) is 1. The van der Waals surface area contributed by atoms with Crippen LogP contribution in [0, 0.1) is 0 Å². The summed E-state index contributed by atoms with van der Waals surface area (Å²) in [5.74, 6) is 0.995. The van der Waals surface area contributed by atoms with Gasteiger partial charge in [0.25, 0.3) is 0 Å². The van der Waals surface area contributed by atoms with E-state index in [2.05, 4.69) is 11.1 Å². The summed E-state index contributed by atoms with van der Waals surface area (Å²) in [6.07, 6.45) is 3.84. The summed E-state index contributed by atoms with van der Waals surface area (Å²) in [7, 11) is 3.22. The Kier molecular flexibility index (Phi) is 5.22. The number of carbonyl (C=O) groups is 1. The zero-order valence-corrected chi connectivity index (χ0v) is 18.2. The number of methoxy groups -OCH3 is 2. The largest absolute Gasteiger partial charge is 0.497 e. The molecule has 4 aromatic rings. The van der Waals surface area contributed by atoms with Crippen molar-refractivity contribution in [2.45, 2.75) is 13.2 Å². The predicted molar refractivity (Wildman–Crippen MR) is 124 cm³/mol. The highest BCUT2D eigenvalue weighted by Crippen LogP contribution is 2.38. The molecule has 33 heavy (non-hydrogen) atoms. The van der Waals surface area contributed by atoms with E-state index in [1.165, 1.54) is 0 Å². The van der Waals surface area contributed by atoms with Crippen LogP contribution >= 0.6 is 0 Å². The number of carboxylic acid groups (broad SMARTS) is 1. The first kappa shape index (κ1) is 20.6. The number of aromatic carboxylic acids is 1. The highest BCUT2D eigenvalue weighted by molar-refractivity contribution is 5.92. The maximum atomic E-state index is 11.6. The summed E-state index contributed by atoms with van der Waals surface area (Å²) in [4.78, 5) is 16.2. The van der Waals surface area contributed by atoms with Gasteiger partial charge >= 0.3 is 5.97 Å². The van der Waals surface area contributed by atoms with Gasteiger partial charge in [-0.1, -0.05) is 30.3 Å². The van der Waals surface area contributed by atoms with Crippen molar-refractivity contribution in [1.82, 2.24) is 9.55 Å². The number of rotatable bonds is 5. The molecule has 0 unspecified atom stereocenters. The first-order chi connectivity index (χ1) is 16.1. The Balaban J connectivity index is 1.65. The number of imidazole rings is 1. The SMILES string of the molecule is COc1cc(OC)c2ncn(CC=C3c4ccccc4COc4ccc(C(=O)O)cc43)c2c1. The second kappa shape index (κ2) is 8.35. The highest BCUT2D eigenvalue weighted by atomic mass is 16.5. The zero-order chi connectivity index (χ0) is 22.9. The van der Waals surface area contributed by atoms with Crippen LogP contribution in [0.2, 0.25) is 0 Å². The van der Waals surface area contributed by atoms with Gasteiger partial charge in [-0.2, -0.15) is 0 Å².